The first-order valence-electron chi connectivity index (χ1n) is 11.5. The molecule has 2 aromatic rings. The molecule has 1 aliphatic carbocycles. The summed E-state index contributed by atoms with van der Waals surface area (Å²) in [6, 6.07) is 19.2. The van der Waals surface area contributed by atoms with Gasteiger partial charge >= 0.3 is 0 Å². The molecule has 1 atom stereocenters. The minimum Gasteiger partial charge on any atom is -0.383 e. The lowest BCUT2D eigenvalue weighted by Crippen LogP contribution is -2.52. The van der Waals surface area contributed by atoms with Crippen molar-refractivity contribution in [3.05, 3.63) is 71.3 Å². The van der Waals surface area contributed by atoms with E-state index in [2.05, 4.69) is 53.4 Å². The SMILES string of the molecule is CCC(COC)NNC1CCC(CNC(=O)c2ccccc2C)(c2ccccc2)CC1. The van der Waals surface area contributed by atoms with Crippen LogP contribution in [-0.2, 0) is 10.2 Å². The number of rotatable bonds is 10. The number of carbonyl (C=O) groups is 1. The molecule has 1 amide bonds. The lowest BCUT2D eigenvalue weighted by Gasteiger charge is -2.41. The zero-order valence-corrected chi connectivity index (χ0v) is 19.1. The Labute approximate surface area is 186 Å². The van der Waals surface area contributed by atoms with Crippen LogP contribution in [0.2, 0.25) is 0 Å². The third kappa shape index (κ3) is 6.16. The monoisotopic (exact) mass is 423 g/mol. The Bertz CT molecular complexity index is 816. The minimum atomic E-state index is -0.0333. The molecule has 0 aliphatic heterocycles. The molecule has 1 fully saturated rings. The van der Waals surface area contributed by atoms with Crippen LogP contribution in [0.25, 0.3) is 0 Å². The smallest absolute Gasteiger partial charge is 0.251 e. The summed E-state index contributed by atoms with van der Waals surface area (Å²) < 4.78 is 5.28. The van der Waals surface area contributed by atoms with Gasteiger partial charge in [-0.1, -0.05) is 55.5 Å². The maximum Gasteiger partial charge on any atom is 0.251 e. The molecule has 1 unspecified atom stereocenters. The van der Waals surface area contributed by atoms with Crippen LogP contribution in [0.5, 0.6) is 0 Å². The molecule has 5 nitrogen and oxygen atoms in total. The second kappa shape index (κ2) is 11.4. The van der Waals surface area contributed by atoms with Gasteiger partial charge in [0.05, 0.1) is 6.61 Å². The Morgan fingerprint density at radius 3 is 2.42 bits per heavy atom. The Balaban J connectivity index is 1.65. The normalized spacial score (nSPS) is 22.1. The van der Waals surface area contributed by atoms with Gasteiger partial charge in [0.1, 0.15) is 0 Å². The number of aryl methyl sites for hydroxylation is 1. The summed E-state index contributed by atoms with van der Waals surface area (Å²) in [5, 5.41) is 3.25. The summed E-state index contributed by atoms with van der Waals surface area (Å²) in [6.45, 7) is 5.51. The van der Waals surface area contributed by atoms with Crippen LogP contribution in [0.15, 0.2) is 54.6 Å². The average molecular weight is 424 g/mol. The van der Waals surface area contributed by atoms with Gasteiger partial charge in [-0.2, -0.15) is 0 Å². The highest BCUT2D eigenvalue weighted by atomic mass is 16.5. The number of benzene rings is 2. The molecule has 168 valence electrons. The first-order chi connectivity index (χ1) is 15.1. The zero-order chi connectivity index (χ0) is 22.1. The summed E-state index contributed by atoms with van der Waals surface area (Å²) in [7, 11) is 1.74. The molecule has 0 bridgehead atoms. The number of hydrogen-bond donors (Lipinski definition) is 3. The maximum absolute atomic E-state index is 12.9. The molecule has 2 aromatic carbocycles. The molecule has 31 heavy (non-hydrogen) atoms. The molecule has 1 saturated carbocycles. The summed E-state index contributed by atoms with van der Waals surface area (Å²) >= 11 is 0. The van der Waals surface area contributed by atoms with E-state index in [1.54, 1.807) is 7.11 Å². The fourth-order valence-electron chi connectivity index (χ4n) is 4.54. The predicted molar refractivity (Wildman–Crippen MR) is 126 cm³/mol. The lowest BCUT2D eigenvalue weighted by atomic mass is 9.68. The van der Waals surface area contributed by atoms with E-state index in [1.807, 2.05) is 31.2 Å². The Kier molecular flexibility index (Phi) is 8.64. The van der Waals surface area contributed by atoms with Gasteiger partial charge < -0.3 is 10.1 Å². The lowest BCUT2D eigenvalue weighted by molar-refractivity contribution is 0.0932. The first kappa shape index (κ1) is 23.5. The van der Waals surface area contributed by atoms with Gasteiger partial charge in [0.2, 0.25) is 0 Å². The number of carbonyl (C=O) groups excluding carboxylic acids is 1. The highest BCUT2D eigenvalue weighted by molar-refractivity contribution is 5.95. The Morgan fingerprint density at radius 2 is 1.77 bits per heavy atom. The third-order valence-corrected chi connectivity index (χ3v) is 6.66. The first-order valence-corrected chi connectivity index (χ1v) is 11.5. The van der Waals surface area contributed by atoms with Crippen molar-refractivity contribution >= 4 is 5.91 Å². The van der Waals surface area contributed by atoms with Crippen molar-refractivity contribution in [2.24, 2.45) is 0 Å². The van der Waals surface area contributed by atoms with Crippen molar-refractivity contribution in [2.75, 3.05) is 20.3 Å². The van der Waals surface area contributed by atoms with Crippen molar-refractivity contribution in [3.63, 3.8) is 0 Å². The van der Waals surface area contributed by atoms with Crippen LogP contribution >= 0.6 is 0 Å². The molecule has 5 heteroatoms. The summed E-state index contributed by atoms with van der Waals surface area (Å²) in [6.07, 6.45) is 5.21. The van der Waals surface area contributed by atoms with E-state index in [9.17, 15) is 4.79 Å². The zero-order valence-electron chi connectivity index (χ0n) is 19.1. The maximum atomic E-state index is 12.9. The highest BCUT2D eigenvalue weighted by Crippen LogP contribution is 2.39. The standard InChI is InChI=1S/C26H37N3O2/c1-4-22(18-31-3)28-29-23-14-16-26(17-15-23,21-11-6-5-7-12-21)19-27-25(30)24-13-9-8-10-20(24)2/h5-13,22-23,28-29H,4,14-19H2,1-3H3,(H,27,30). The van der Waals surface area contributed by atoms with Gasteiger partial charge in [-0.3, -0.25) is 15.6 Å². The van der Waals surface area contributed by atoms with E-state index in [1.165, 1.54) is 5.56 Å². The molecular formula is C26H37N3O2. The highest BCUT2D eigenvalue weighted by Gasteiger charge is 2.37. The second-order valence-corrected chi connectivity index (χ2v) is 8.77. The molecule has 0 spiro atoms. The molecule has 3 N–H and O–H groups in total. The third-order valence-electron chi connectivity index (χ3n) is 6.66. The fraction of sp³-hybridized carbons (Fsp3) is 0.500. The van der Waals surface area contributed by atoms with Crippen molar-refractivity contribution in [1.82, 2.24) is 16.2 Å². The van der Waals surface area contributed by atoms with Crippen LogP contribution < -0.4 is 16.2 Å². The molecule has 0 saturated heterocycles. The number of nitrogens with one attached hydrogen (secondary N) is 3. The van der Waals surface area contributed by atoms with Crippen LogP contribution in [0, 0.1) is 6.92 Å². The second-order valence-electron chi connectivity index (χ2n) is 8.77. The summed E-state index contributed by atoms with van der Waals surface area (Å²) in [4.78, 5) is 12.9. The molecule has 1 aliphatic rings. The van der Waals surface area contributed by atoms with E-state index in [-0.39, 0.29) is 11.3 Å². The number of hydrazine groups is 1. The Morgan fingerprint density at radius 1 is 1.10 bits per heavy atom. The predicted octanol–water partition coefficient (Wildman–Crippen LogP) is 4.12. The van der Waals surface area contributed by atoms with Crippen molar-refractivity contribution in [2.45, 2.75) is 63.5 Å². The number of hydrogen-bond acceptors (Lipinski definition) is 4. The molecule has 0 radical (unpaired) electrons. The number of methoxy groups -OCH3 is 1. The van der Waals surface area contributed by atoms with Gasteiger partial charge in [0.15, 0.2) is 0 Å². The van der Waals surface area contributed by atoms with Crippen LogP contribution in [0.4, 0.5) is 0 Å². The van der Waals surface area contributed by atoms with Crippen molar-refractivity contribution in [3.8, 4) is 0 Å². The Hall–Kier alpha value is -2.21. The summed E-state index contributed by atoms with van der Waals surface area (Å²) in [5.41, 5.74) is 10.0. The van der Waals surface area contributed by atoms with Gasteiger partial charge in [0, 0.05) is 36.7 Å². The van der Waals surface area contributed by atoms with Crippen LogP contribution in [0.3, 0.4) is 0 Å². The number of ether oxygens (including phenoxy) is 1. The molecular weight excluding hydrogens is 386 g/mol. The van der Waals surface area contributed by atoms with E-state index in [0.717, 1.165) is 43.2 Å². The van der Waals surface area contributed by atoms with Crippen LogP contribution in [0.1, 0.15) is 60.5 Å². The number of amides is 1. The fourth-order valence-corrected chi connectivity index (χ4v) is 4.54. The topological polar surface area (TPSA) is 62.4 Å². The largest absolute Gasteiger partial charge is 0.383 e. The quantitative estimate of drug-likeness (QED) is 0.503. The minimum absolute atomic E-state index is 0.0145. The molecule has 0 heterocycles. The van der Waals surface area contributed by atoms with Gasteiger partial charge in [-0.05, 0) is 56.2 Å². The molecule has 0 aromatic heterocycles. The van der Waals surface area contributed by atoms with Crippen LogP contribution in [-0.4, -0.2) is 38.3 Å². The van der Waals surface area contributed by atoms with Gasteiger partial charge in [-0.15, -0.1) is 0 Å². The van der Waals surface area contributed by atoms with Crippen molar-refractivity contribution in [1.29, 1.82) is 0 Å². The van der Waals surface area contributed by atoms with E-state index in [4.69, 9.17) is 4.74 Å². The average Bonchev–Trinajstić information content (AvgIpc) is 2.82. The van der Waals surface area contributed by atoms with Gasteiger partial charge in [0.25, 0.3) is 5.91 Å². The van der Waals surface area contributed by atoms with E-state index < -0.39 is 0 Å². The van der Waals surface area contributed by atoms with Crippen molar-refractivity contribution < 1.29 is 9.53 Å². The van der Waals surface area contributed by atoms with E-state index in [0.29, 0.717) is 25.2 Å². The summed E-state index contributed by atoms with van der Waals surface area (Å²) in [5.74, 6) is 0.0145. The van der Waals surface area contributed by atoms with E-state index >= 15 is 0 Å². The molecule has 3 rings (SSSR count). The van der Waals surface area contributed by atoms with Gasteiger partial charge in [-0.25, -0.2) is 0 Å².